The lowest BCUT2D eigenvalue weighted by atomic mass is 9.95. The van der Waals surface area contributed by atoms with Gasteiger partial charge in [-0.15, -0.1) is 0 Å². The van der Waals surface area contributed by atoms with Gasteiger partial charge in [-0.1, -0.05) is 19.8 Å². The van der Waals surface area contributed by atoms with Gasteiger partial charge in [0.15, 0.2) is 5.96 Å². The maximum atomic E-state index is 9.93. The summed E-state index contributed by atoms with van der Waals surface area (Å²) in [5.74, 6) is 2.50. The van der Waals surface area contributed by atoms with Gasteiger partial charge < -0.3 is 15.7 Å². The summed E-state index contributed by atoms with van der Waals surface area (Å²) < 4.78 is 0. The molecule has 2 aliphatic rings. The topological polar surface area (TPSA) is 56.7 Å². The molecular formula is C17H33N3OS. The molecular weight excluding hydrogens is 294 g/mol. The fourth-order valence-corrected chi connectivity index (χ4v) is 4.79. The number of hydrogen-bond donors (Lipinski definition) is 3. The maximum absolute atomic E-state index is 9.93. The minimum absolute atomic E-state index is 0.147. The van der Waals surface area contributed by atoms with Crippen molar-refractivity contribution in [1.29, 1.82) is 0 Å². The second-order valence-electron chi connectivity index (χ2n) is 6.56. The molecule has 2 saturated carbocycles. The predicted octanol–water partition coefficient (Wildman–Crippen LogP) is 2.77. The van der Waals surface area contributed by atoms with E-state index < -0.39 is 0 Å². The quantitative estimate of drug-likeness (QED) is 0.519. The molecule has 0 saturated heterocycles. The molecule has 0 amide bonds. The van der Waals surface area contributed by atoms with Gasteiger partial charge in [0.05, 0.1) is 6.10 Å². The van der Waals surface area contributed by atoms with Crippen LogP contribution in [0.15, 0.2) is 4.99 Å². The van der Waals surface area contributed by atoms with Gasteiger partial charge in [-0.3, -0.25) is 4.99 Å². The fourth-order valence-electron chi connectivity index (χ4n) is 3.62. The van der Waals surface area contributed by atoms with E-state index in [-0.39, 0.29) is 6.10 Å². The summed E-state index contributed by atoms with van der Waals surface area (Å²) in [5.41, 5.74) is 0. The van der Waals surface area contributed by atoms with E-state index in [9.17, 15) is 5.11 Å². The molecule has 4 nitrogen and oxygen atoms in total. The lowest BCUT2D eigenvalue weighted by molar-refractivity contribution is 0.136. The Balaban J connectivity index is 1.84. The highest BCUT2D eigenvalue weighted by atomic mass is 32.2. The van der Waals surface area contributed by atoms with Crippen LogP contribution < -0.4 is 10.6 Å². The Labute approximate surface area is 139 Å². The summed E-state index contributed by atoms with van der Waals surface area (Å²) in [4.78, 5) is 4.74. The molecule has 0 aromatic carbocycles. The normalized spacial score (nSPS) is 33.0. The number of aliphatic imine (C=N–C) groups is 1. The van der Waals surface area contributed by atoms with Crippen molar-refractivity contribution >= 4 is 17.7 Å². The summed E-state index contributed by atoms with van der Waals surface area (Å²) in [6.45, 7) is 5.99. The summed E-state index contributed by atoms with van der Waals surface area (Å²) in [5, 5.41) is 17.7. The number of nitrogens with zero attached hydrogens (tertiary/aromatic N) is 1. The lowest BCUT2D eigenvalue weighted by Gasteiger charge is -2.30. The van der Waals surface area contributed by atoms with Gasteiger partial charge in [-0.25, -0.2) is 0 Å². The number of hydrogen-bond acceptors (Lipinski definition) is 3. The zero-order chi connectivity index (χ0) is 15.8. The van der Waals surface area contributed by atoms with E-state index in [0.29, 0.717) is 12.0 Å². The zero-order valence-electron chi connectivity index (χ0n) is 14.2. The molecule has 0 bridgehead atoms. The Kier molecular flexibility index (Phi) is 7.87. The molecule has 4 atom stereocenters. The van der Waals surface area contributed by atoms with Crippen molar-refractivity contribution in [2.45, 2.75) is 76.2 Å². The van der Waals surface area contributed by atoms with E-state index in [1.54, 1.807) is 0 Å². The summed E-state index contributed by atoms with van der Waals surface area (Å²) >= 11 is 2.10. The molecule has 22 heavy (non-hydrogen) atoms. The highest BCUT2D eigenvalue weighted by Gasteiger charge is 2.25. The minimum atomic E-state index is -0.147. The van der Waals surface area contributed by atoms with Gasteiger partial charge in [0.2, 0.25) is 0 Å². The SMILES string of the molecule is CCNC(=NCC1CCCC1O)NC1CCCC(SCC)C1. The molecule has 5 heteroatoms. The van der Waals surface area contributed by atoms with E-state index in [4.69, 9.17) is 4.99 Å². The van der Waals surface area contributed by atoms with Crippen LogP contribution in [-0.4, -0.2) is 47.3 Å². The molecule has 128 valence electrons. The Morgan fingerprint density at radius 3 is 2.68 bits per heavy atom. The van der Waals surface area contributed by atoms with Gasteiger partial charge >= 0.3 is 0 Å². The smallest absolute Gasteiger partial charge is 0.191 e. The van der Waals surface area contributed by atoms with Crippen molar-refractivity contribution in [2.24, 2.45) is 10.9 Å². The van der Waals surface area contributed by atoms with Crippen molar-refractivity contribution in [1.82, 2.24) is 10.6 Å². The van der Waals surface area contributed by atoms with Crippen molar-refractivity contribution < 1.29 is 5.11 Å². The molecule has 0 heterocycles. The Morgan fingerprint density at radius 1 is 1.18 bits per heavy atom. The predicted molar refractivity (Wildman–Crippen MR) is 96.6 cm³/mol. The molecule has 0 radical (unpaired) electrons. The zero-order valence-corrected chi connectivity index (χ0v) is 15.0. The monoisotopic (exact) mass is 327 g/mol. The fraction of sp³-hybridized carbons (Fsp3) is 0.941. The van der Waals surface area contributed by atoms with Crippen LogP contribution in [0.5, 0.6) is 0 Å². The highest BCUT2D eigenvalue weighted by molar-refractivity contribution is 7.99. The molecule has 0 aromatic heterocycles. The Morgan fingerprint density at radius 2 is 2.00 bits per heavy atom. The largest absolute Gasteiger partial charge is 0.393 e. The van der Waals surface area contributed by atoms with Gasteiger partial charge in [-0.05, 0) is 44.8 Å². The van der Waals surface area contributed by atoms with Crippen molar-refractivity contribution in [2.75, 3.05) is 18.8 Å². The standard InChI is InChI=1S/C17H33N3OS/c1-3-18-17(19-12-13-7-5-10-16(13)21)20-14-8-6-9-15(11-14)22-4-2/h13-16,21H,3-12H2,1-2H3,(H2,18,19,20). The van der Waals surface area contributed by atoms with Crippen LogP contribution >= 0.6 is 11.8 Å². The van der Waals surface area contributed by atoms with Crippen molar-refractivity contribution in [3.05, 3.63) is 0 Å². The number of nitrogens with one attached hydrogen (secondary N) is 2. The van der Waals surface area contributed by atoms with Crippen LogP contribution in [0.1, 0.15) is 58.8 Å². The molecule has 4 unspecified atom stereocenters. The first kappa shape index (κ1) is 17.9. The van der Waals surface area contributed by atoms with E-state index >= 15 is 0 Å². The van der Waals surface area contributed by atoms with Crippen molar-refractivity contribution in [3.63, 3.8) is 0 Å². The third-order valence-corrected chi connectivity index (χ3v) is 6.05. The highest BCUT2D eigenvalue weighted by Crippen LogP contribution is 2.28. The number of guanidine groups is 1. The van der Waals surface area contributed by atoms with Crippen molar-refractivity contribution in [3.8, 4) is 0 Å². The summed E-state index contributed by atoms with van der Waals surface area (Å²) in [6.07, 6.45) is 8.22. The first-order valence-corrected chi connectivity index (χ1v) is 10.1. The molecule has 2 fully saturated rings. The number of aliphatic hydroxyl groups excluding tert-OH is 1. The Hall–Kier alpha value is -0.420. The first-order valence-electron chi connectivity index (χ1n) is 9.07. The van der Waals surface area contributed by atoms with Crippen LogP contribution in [0.4, 0.5) is 0 Å². The van der Waals surface area contributed by atoms with Crippen LogP contribution in [0.25, 0.3) is 0 Å². The summed E-state index contributed by atoms with van der Waals surface area (Å²) in [6, 6.07) is 0.545. The molecule has 0 aromatic rings. The second kappa shape index (κ2) is 9.66. The second-order valence-corrected chi connectivity index (χ2v) is 8.14. The van der Waals surface area contributed by atoms with E-state index in [2.05, 4.69) is 36.2 Å². The number of aliphatic hydroxyl groups is 1. The number of thioether (sulfide) groups is 1. The van der Waals surface area contributed by atoms with E-state index in [1.165, 1.54) is 31.4 Å². The molecule has 2 aliphatic carbocycles. The third kappa shape index (κ3) is 5.65. The van der Waals surface area contributed by atoms with E-state index in [0.717, 1.165) is 43.6 Å². The molecule has 0 spiro atoms. The van der Waals surface area contributed by atoms with Gasteiger partial charge in [0.25, 0.3) is 0 Å². The number of rotatable bonds is 6. The molecule has 3 N–H and O–H groups in total. The van der Waals surface area contributed by atoms with Gasteiger partial charge in [0, 0.05) is 30.3 Å². The maximum Gasteiger partial charge on any atom is 0.191 e. The Bertz CT molecular complexity index is 349. The van der Waals surface area contributed by atoms with Crippen LogP contribution in [-0.2, 0) is 0 Å². The average Bonchev–Trinajstić information content (AvgIpc) is 2.91. The van der Waals surface area contributed by atoms with Crippen LogP contribution in [0, 0.1) is 5.92 Å². The average molecular weight is 328 g/mol. The van der Waals surface area contributed by atoms with Gasteiger partial charge in [0.1, 0.15) is 0 Å². The van der Waals surface area contributed by atoms with E-state index in [1.807, 2.05) is 0 Å². The first-order chi connectivity index (χ1) is 10.7. The molecule has 2 rings (SSSR count). The minimum Gasteiger partial charge on any atom is -0.393 e. The van der Waals surface area contributed by atoms with Gasteiger partial charge in [-0.2, -0.15) is 11.8 Å². The third-order valence-electron chi connectivity index (χ3n) is 4.82. The summed E-state index contributed by atoms with van der Waals surface area (Å²) in [7, 11) is 0. The van der Waals surface area contributed by atoms with Crippen LogP contribution in [0.3, 0.4) is 0 Å². The molecule has 0 aliphatic heterocycles. The van der Waals surface area contributed by atoms with Crippen LogP contribution in [0.2, 0.25) is 0 Å². The lowest BCUT2D eigenvalue weighted by Crippen LogP contribution is -2.46.